The van der Waals surface area contributed by atoms with Crippen LogP contribution in [-0.2, 0) is 16.1 Å². The zero-order chi connectivity index (χ0) is 25.7. The van der Waals surface area contributed by atoms with Gasteiger partial charge in [-0.1, -0.05) is 17.3 Å². The number of hydrogen-bond donors (Lipinski definition) is 1. The summed E-state index contributed by atoms with van der Waals surface area (Å²) >= 11 is 0. The Balaban J connectivity index is 1.13. The number of rotatable bonds is 4. The number of amides is 4. The van der Waals surface area contributed by atoms with Crippen LogP contribution in [0.25, 0.3) is 5.69 Å². The molecule has 0 spiro atoms. The Morgan fingerprint density at radius 2 is 1.86 bits per heavy atom. The molecule has 3 aliphatic heterocycles. The number of nitrogens with zero attached hydrogens (tertiary/aromatic N) is 6. The van der Waals surface area contributed by atoms with Crippen LogP contribution in [0.15, 0.2) is 48.7 Å². The first-order chi connectivity index (χ1) is 17.9. The van der Waals surface area contributed by atoms with Gasteiger partial charge in [-0.3, -0.25) is 24.5 Å². The molecule has 2 aromatic carbocycles. The van der Waals surface area contributed by atoms with Crippen LogP contribution in [0.4, 0.5) is 0 Å². The van der Waals surface area contributed by atoms with Gasteiger partial charge in [0.25, 0.3) is 11.8 Å². The Morgan fingerprint density at radius 1 is 1.08 bits per heavy atom. The van der Waals surface area contributed by atoms with Crippen LogP contribution in [0.5, 0.6) is 0 Å². The number of imide groups is 1. The van der Waals surface area contributed by atoms with Crippen molar-refractivity contribution in [2.75, 3.05) is 13.1 Å². The van der Waals surface area contributed by atoms with Crippen molar-refractivity contribution in [1.29, 1.82) is 5.26 Å². The van der Waals surface area contributed by atoms with E-state index in [1.54, 1.807) is 41.4 Å². The summed E-state index contributed by atoms with van der Waals surface area (Å²) in [5.41, 5.74) is 3.79. The molecule has 37 heavy (non-hydrogen) atoms. The summed E-state index contributed by atoms with van der Waals surface area (Å²) in [6, 6.07) is 14.0. The normalized spacial score (nSPS) is 19.3. The smallest absolute Gasteiger partial charge is 0.276 e. The molecular weight excluding hydrogens is 474 g/mol. The van der Waals surface area contributed by atoms with Gasteiger partial charge in [0.2, 0.25) is 11.8 Å². The van der Waals surface area contributed by atoms with E-state index in [0.717, 1.165) is 11.1 Å². The molecule has 0 bridgehead atoms. The van der Waals surface area contributed by atoms with Gasteiger partial charge < -0.3 is 9.80 Å². The third-order valence-electron chi connectivity index (χ3n) is 7.16. The molecule has 2 saturated heterocycles. The maximum absolute atomic E-state index is 12.9. The van der Waals surface area contributed by atoms with Crippen LogP contribution < -0.4 is 5.32 Å². The summed E-state index contributed by atoms with van der Waals surface area (Å²) in [5, 5.41) is 19.4. The molecule has 1 N–H and O–H groups in total. The van der Waals surface area contributed by atoms with E-state index < -0.39 is 11.9 Å². The molecule has 184 valence electrons. The minimum atomic E-state index is -0.679. The second-order valence-corrected chi connectivity index (χ2v) is 9.43. The molecule has 11 heteroatoms. The van der Waals surface area contributed by atoms with Crippen molar-refractivity contribution < 1.29 is 19.2 Å². The van der Waals surface area contributed by atoms with E-state index in [2.05, 4.69) is 21.7 Å². The third kappa shape index (κ3) is 3.92. The number of nitrogens with one attached hydrogen (secondary N) is 1. The first-order valence-corrected chi connectivity index (χ1v) is 11.9. The highest BCUT2D eigenvalue weighted by molar-refractivity contribution is 6.05. The predicted octanol–water partition coefficient (Wildman–Crippen LogP) is 1.14. The molecule has 2 fully saturated rings. The number of carbonyl (C=O) groups excluding carboxylic acids is 4. The number of likely N-dealkylation sites (tertiary alicyclic amines) is 1. The van der Waals surface area contributed by atoms with E-state index in [4.69, 9.17) is 5.26 Å². The number of aromatic nitrogens is 3. The first kappa shape index (κ1) is 22.6. The molecule has 4 amide bonds. The molecular formula is C26H21N7O4. The van der Waals surface area contributed by atoms with E-state index in [9.17, 15) is 19.2 Å². The maximum Gasteiger partial charge on any atom is 0.276 e. The second kappa shape index (κ2) is 8.67. The summed E-state index contributed by atoms with van der Waals surface area (Å²) < 4.78 is 1.49. The topological polar surface area (TPSA) is 141 Å². The van der Waals surface area contributed by atoms with Gasteiger partial charge in [-0.25, -0.2) is 4.68 Å². The highest BCUT2D eigenvalue weighted by Crippen LogP contribution is 2.30. The average molecular weight is 495 g/mol. The molecule has 11 nitrogen and oxygen atoms in total. The lowest BCUT2D eigenvalue weighted by Crippen LogP contribution is -2.52. The Bertz CT molecular complexity index is 1500. The summed E-state index contributed by atoms with van der Waals surface area (Å²) in [5.74, 6) is -1.03. The molecule has 6 rings (SSSR count). The SMILES string of the molecule is N#Cc1ccc(C2CN(C(=O)c3cn(-c4ccc5c(c4)CN(C4CCC(=O)NC4=O)C5=O)nn3)C2)cc1. The van der Waals surface area contributed by atoms with Gasteiger partial charge in [0, 0.05) is 37.5 Å². The fourth-order valence-electron chi connectivity index (χ4n) is 5.04. The van der Waals surface area contributed by atoms with E-state index in [-0.39, 0.29) is 42.3 Å². The van der Waals surface area contributed by atoms with Crippen molar-refractivity contribution in [3.63, 3.8) is 0 Å². The predicted molar refractivity (Wildman–Crippen MR) is 127 cm³/mol. The van der Waals surface area contributed by atoms with Gasteiger partial charge in [0.1, 0.15) is 6.04 Å². The number of hydrogen-bond acceptors (Lipinski definition) is 7. The van der Waals surface area contributed by atoms with Crippen molar-refractivity contribution >= 4 is 23.6 Å². The Hall–Kier alpha value is -4.85. The van der Waals surface area contributed by atoms with Gasteiger partial charge in [-0.2, -0.15) is 5.26 Å². The minimum Gasteiger partial charge on any atom is -0.336 e. The maximum atomic E-state index is 12.9. The molecule has 0 saturated carbocycles. The summed E-state index contributed by atoms with van der Waals surface area (Å²) in [6.07, 6.45) is 2.06. The Labute approximate surface area is 211 Å². The molecule has 0 aliphatic carbocycles. The minimum absolute atomic E-state index is 0.197. The van der Waals surface area contributed by atoms with Gasteiger partial charge >= 0.3 is 0 Å². The van der Waals surface area contributed by atoms with Crippen LogP contribution in [0, 0.1) is 11.3 Å². The molecule has 1 atom stereocenters. The molecule has 1 unspecified atom stereocenters. The van der Waals surface area contributed by atoms with E-state index in [0.29, 0.717) is 36.3 Å². The molecule has 4 heterocycles. The van der Waals surface area contributed by atoms with Crippen LogP contribution in [0.2, 0.25) is 0 Å². The monoisotopic (exact) mass is 495 g/mol. The van der Waals surface area contributed by atoms with Crippen LogP contribution >= 0.6 is 0 Å². The van der Waals surface area contributed by atoms with E-state index in [1.165, 1.54) is 9.58 Å². The lowest BCUT2D eigenvalue weighted by Gasteiger charge is -2.39. The summed E-state index contributed by atoms with van der Waals surface area (Å²) in [4.78, 5) is 52.7. The molecule has 0 radical (unpaired) electrons. The summed E-state index contributed by atoms with van der Waals surface area (Å²) in [6.45, 7) is 1.38. The fraction of sp³-hybridized carbons (Fsp3) is 0.269. The van der Waals surface area contributed by atoms with Gasteiger partial charge in [0.15, 0.2) is 5.69 Å². The highest BCUT2D eigenvalue weighted by Gasteiger charge is 2.39. The van der Waals surface area contributed by atoms with Gasteiger partial charge in [0.05, 0.1) is 23.5 Å². The van der Waals surface area contributed by atoms with Crippen molar-refractivity contribution in [3.8, 4) is 11.8 Å². The standard InChI is InChI=1S/C26H21N7O4/c27-10-15-1-3-16(4-2-15)18-11-31(12-18)26(37)21-14-33(30-29-21)19-5-6-20-17(9-19)13-32(25(20)36)22-7-8-23(34)28-24(22)35/h1-6,9,14,18,22H,7-8,11-13H2,(H,28,34,35). The van der Waals surface area contributed by atoms with Crippen LogP contribution in [0.3, 0.4) is 0 Å². The number of piperidine rings is 1. The summed E-state index contributed by atoms with van der Waals surface area (Å²) in [7, 11) is 0. The van der Waals surface area contributed by atoms with Crippen LogP contribution in [0.1, 0.15) is 56.3 Å². The number of nitriles is 1. The average Bonchev–Trinajstić information content (AvgIpc) is 3.49. The van der Waals surface area contributed by atoms with Crippen LogP contribution in [-0.4, -0.2) is 67.6 Å². The fourth-order valence-corrected chi connectivity index (χ4v) is 5.04. The van der Waals surface area contributed by atoms with Crippen molar-refractivity contribution in [3.05, 3.63) is 76.6 Å². The first-order valence-electron chi connectivity index (χ1n) is 11.9. The van der Waals surface area contributed by atoms with E-state index >= 15 is 0 Å². The van der Waals surface area contributed by atoms with Gasteiger partial charge in [-0.05, 0) is 47.9 Å². The third-order valence-corrected chi connectivity index (χ3v) is 7.16. The van der Waals surface area contributed by atoms with Crippen molar-refractivity contribution in [1.82, 2.24) is 30.1 Å². The second-order valence-electron chi connectivity index (χ2n) is 9.43. The molecule has 1 aromatic heterocycles. The molecule has 3 aromatic rings. The lowest BCUT2D eigenvalue weighted by atomic mass is 9.90. The number of fused-ring (bicyclic) bond motifs is 1. The molecule has 3 aliphatic rings. The number of carbonyl (C=O) groups is 4. The van der Waals surface area contributed by atoms with Gasteiger partial charge in [-0.15, -0.1) is 5.10 Å². The zero-order valence-corrected chi connectivity index (χ0v) is 19.6. The quantitative estimate of drug-likeness (QED) is 0.535. The Morgan fingerprint density at radius 3 is 2.59 bits per heavy atom. The largest absolute Gasteiger partial charge is 0.336 e. The number of benzene rings is 2. The Kier molecular flexibility index (Phi) is 5.30. The zero-order valence-electron chi connectivity index (χ0n) is 19.6. The van der Waals surface area contributed by atoms with E-state index in [1.807, 2.05) is 12.1 Å². The lowest BCUT2D eigenvalue weighted by molar-refractivity contribution is -0.136. The van der Waals surface area contributed by atoms with Crippen molar-refractivity contribution in [2.45, 2.75) is 31.3 Å². The van der Waals surface area contributed by atoms with Crippen molar-refractivity contribution in [2.24, 2.45) is 0 Å². The highest BCUT2D eigenvalue weighted by atomic mass is 16.2.